The van der Waals surface area contributed by atoms with Crippen molar-refractivity contribution in [1.29, 1.82) is 0 Å². The first-order valence-corrected chi connectivity index (χ1v) is 9.01. The van der Waals surface area contributed by atoms with Crippen molar-refractivity contribution in [2.24, 2.45) is 0 Å². The first-order valence-electron chi connectivity index (χ1n) is 9.01. The molecule has 5 aromatic rings. The van der Waals surface area contributed by atoms with E-state index in [1.807, 2.05) is 71.2 Å². The van der Waals surface area contributed by atoms with E-state index in [1.54, 1.807) is 22.8 Å². The van der Waals surface area contributed by atoms with E-state index in [1.165, 1.54) is 0 Å². The van der Waals surface area contributed by atoms with E-state index in [-0.39, 0.29) is 17.9 Å². The van der Waals surface area contributed by atoms with E-state index in [0.29, 0.717) is 11.1 Å². The molecule has 0 aliphatic heterocycles. The van der Waals surface area contributed by atoms with Crippen LogP contribution in [-0.2, 0) is 11.2 Å². The van der Waals surface area contributed by atoms with Crippen LogP contribution in [0.4, 0.5) is 0 Å². The molecular weight excluding hydrogens is 352 g/mol. The topological polar surface area (TPSA) is 52.2 Å². The van der Waals surface area contributed by atoms with Crippen LogP contribution in [-0.4, -0.2) is 15.0 Å². The van der Waals surface area contributed by atoms with Gasteiger partial charge in [-0.2, -0.15) is 0 Å². The molecular formula is C23H16N2O3. The number of para-hydroxylation sites is 3. The largest absolute Gasteiger partial charge is 0.426 e. The fourth-order valence-corrected chi connectivity index (χ4v) is 3.63. The smallest absolute Gasteiger partial charge is 0.315 e. The lowest BCUT2D eigenvalue weighted by atomic mass is 10.1. The third-order valence-corrected chi connectivity index (χ3v) is 4.85. The third kappa shape index (κ3) is 2.56. The van der Waals surface area contributed by atoms with Gasteiger partial charge in [0.2, 0.25) is 0 Å². The van der Waals surface area contributed by atoms with Crippen LogP contribution in [0, 0.1) is 0 Å². The zero-order valence-electron chi connectivity index (χ0n) is 14.9. The van der Waals surface area contributed by atoms with Crippen molar-refractivity contribution in [2.45, 2.75) is 6.42 Å². The minimum Gasteiger partial charge on any atom is -0.426 e. The minimum atomic E-state index is -0.370. The maximum Gasteiger partial charge on any atom is 0.315 e. The first-order chi connectivity index (χ1) is 13.7. The number of rotatable bonds is 3. The van der Waals surface area contributed by atoms with E-state index in [4.69, 9.17) is 4.74 Å². The molecule has 5 heteroatoms. The molecule has 0 aliphatic rings. The molecule has 2 aromatic heterocycles. The number of carbonyl (C=O) groups is 1. The Balaban J connectivity index is 1.68. The molecule has 3 aromatic carbocycles. The van der Waals surface area contributed by atoms with E-state index in [9.17, 15) is 9.59 Å². The number of fused-ring (bicyclic) bond motifs is 5. The average molecular weight is 368 g/mol. The summed E-state index contributed by atoms with van der Waals surface area (Å²) in [6, 6.07) is 24.2. The van der Waals surface area contributed by atoms with Crippen molar-refractivity contribution in [3.05, 3.63) is 101 Å². The molecule has 28 heavy (non-hydrogen) atoms. The van der Waals surface area contributed by atoms with Crippen molar-refractivity contribution in [2.75, 3.05) is 0 Å². The Morgan fingerprint density at radius 1 is 0.786 bits per heavy atom. The summed E-state index contributed by atoms with van der Waals surface area (Å²) < 4.78 is 8.89. The minimum absolute atomic E-state index is 0.0693. The fraction of sp³-hybridized carbons (Fsp3) is 0.0435. The van der Waals surface area contributed by atoms with Crippen molar-refractivity contribution in [1.82, 2.24) is 9.03 Å². The highest BCUT2D eigenvalue weighted by atomic mass is 16.5. The molecule has 0 radical (unpaired) electrons. The second-order valence-electron chi connectivity index (χ2n) is 6.61. The molecule has 0 bridgehead atoms. The Kier molecular flexibility index (Phi) is 3.72. The van der Waals surface area contributed by atoms with Gasteiger partial charge in [0.15, 0.2) is 0 Å². The maximum absolute atomic E-state index is 12.9. The standard InChI is InChI=1S/C23H16N2O3/c26-22(28-17-8-2-1-3-9-17)14-16-15-24-23(27)19-11-5-7-13-21(19)25(24)20-12-6-4-10-18(16)20/h1-13,15H,14H2. The van der Waals surface area contributed by atoms with Gasteiger partial charge in [-0.15, -0.1) is 0 Å². The molecule has 5 rings (SSSR count). The lowest BCUT2D eigenvalue weighted by molar-refractivity contribution is -0.133. The first kappa shape index (κ1) is 16.3. The summed E-state index contributed by atoms with van der Waals surface area (Å²) in [5.74, 6) is 0.133. The molecule has 5 nitrogen and oxygen atoms in total. The van der Waals surface area contributed by atoms with Crippen LogP contribution in [0.3, 0.4) is 0 Å². The van der Waals surface area contributed by atoms with Crippen molar-refractivity contribution >= 4 is 27.8 Å². The number of ether oxygens (including phenoxy) is 1. The second kappa shape index (κ2) is 6.39. The predicted molar refractivity (Wildman–Crippen MR) is 108 cm³/mol. The molecule has 136 valence electrons. The number of benzene rings is 3. The van der Waals surface area contributed by atoms with Crippen molar-refractivity contribution in [3.8, 4) is 5.75 Å². The van der Waals surface area contributed by atoms with E-state index < -0.39 is 0 Å². The summed E-state index contributed by atoms with van der Waals surface area (Å²) in [6.07, 6.45) is 1.80. The van der Waals surface area contributed by atoms with E-state index in [0.717, 1.165) is 22.0 Å². The van der Waals surface area contributed by atoms with Crippen molar-refractivity contribution < 1.29 is 9.53 Å². The monoisotopic (exact) mass is 368 g/mol. The van der Waals surface area contributed by atoms with Gasteiger partial charge in [-0.3, -0.25) is 9.59 Å². The number of aromatic nitrogens is 2. The van der Waals surface area contributed by atoms with Crippen LogP contribution >= 0.6 is 0 Å². The molecule has 0 aliphatic carbocycles. The van der Waals surface area contributed by atoms with E-state index in [2.05, 4.69) is 0 Å². The van der Waals surface area contributed by atoms with Crippen LogP contribution in [0.25, 0.3) is 21.8 Å². The van der Waals surface area contributed by atoms with E-state index >= 15 is 0 Å². The summed E-state index contributed by atoms with van der Waals surface area (Å²) in [6.45, 7) is 0. The van der Waals surface area contributed by atoms with Crippen LogP contribution < -0.4 is 10.3 Å². The SMILES string of the molecule is O=C(Cc1cn2c(=O)c3ccccc3n2c2ccccc12)Oc1ccccc1. The zero-order valence-corrected chi connectivity index (χ0v) is 14.9. The highest BCUT2D eigenvalue weighted by Crippen LogP contribution is 2.22. The van der Waals surface area contributed by atoms with Gasteiger partial charge in [-0.1, -0.05) is 48.5 Å². The van der Waals surface area contributed by atoms with Crippen molar-refractivity contribution in [3.63, 3.8) is 0 Å². The Hall–Kier alpha value is -3.86. The quantitative estimate of drug-likeness (QED) is 0.359. The third-order valence-electron chi connectivity index (χ3n) is 4.85. The normalized spacial score (nSPS) is 11.3. The maximum atomic E-state index is 12.9. The fourth-order valence-electron chi connectivity index (χ4n) is 3.63. The summed E-state index contributed by atoms with van der Waals surface area (Å²) >= 11 is 0. The van der Waals surface area contributed by atoms with Gasteiger partial charge < -0.3 is 4.74 Å². The highest BCUT2D eigenvalue weighted by Gasteiger charge is 2.15. The van der Waals surface area contributed by atoms with Gasteiger partial charge in [0.25, 0.3) is 5.56 Å². The van der Waals surface area contributed by atoms with Crippen LogP contribution in [0.2, 0.25) is 0 Å². The molecule has 0 atom stereocenters. The lowest BCUT2D eigenvalue weighted by Gasteiger charge is -2.11. The molecule has 0 saturated carbocycles. The molecule has 0 spiro atoms. The number of esters is 1. The predicted octanol–water partition coefficient (Wildman–Crippen LogP) is 3.85. The number of nitrogens with zero attached hydrogens (tertiary/aromatic N) is 2. The number of carbonyl (C=O) groups excluding carboxylic acids is 1. The van der Waals surface area contributed by atoms with Crippen LogP contribution in [0.5, 0.6) is 5.75 Å². The Morgan fingerprint density at radius 2 is 1.39 bits per heavy atom. The van der Waals surface area contributed by atoms with Gasteiger partial charge in [-0.05, 0) is 35.9 Å². The van der Waals surface area contributed by atoms with Gasteiger partial charge in [0.1, 0.15) is 5.75 Å². The van der Waals surface area contributed by atoms with Crippen LogP contribution in [0.1, 0.15) is 5.56 Å². The molecule has 0 N–H and O–H groups in total. The number of hydrogen-bond donors (Lipinski definition) is 0. The summed E-state index contributed by atoms with van der Waals surface area (Å²) in [5.41, 5.74) is 2.33. The molecule has 0 unspecified atom stereocenters. The zero-order chi connectivity index (χ0) is 19.1. The molecule has 0 saturated heterocycles. The molecule has 2 heterocycles. The average Bonchev–Trinajstić information content (AvgIpc) is 3.01. The van der Waals surface area contributed by atoms with Gasteiger partial charge in [0.05, 0.1) is 22.8 Å². The summed E-state index contributed by atoms with van der Waals surface area (Å²) in [5, 5.41) is 1.55. The lowest BCUT2D eigenvalue weighted by Crippen LogP contribution is -2.16. The Bertz CT molecular complexity index is 1400. The summed E-state index contributed by atoms with van der Waals surface area (Å²) in [7, 11) is 0. The van der Waals surface area contributed by atoms with Gasteiger partial charge in [-0.25, -0.2) is 9.03 Å². The Morgan fingerprint density at radius 3 is 2.14 bits per heavy atom. The van der Waals surface area contributed by atoms with Gasteiger partial charge in [0, 0.05) is 11.6 Å². The number of hydrogen-bond acceptors (Lipinski definition) is 3. The summed E-state index contributed by atoms with van der Waals surface area (Å²) in [4.78, 5) is 25.4. The molecule has 0 fully saturated rings. The van der Waals surface area contributed by atoms with Gasteiger partial charge >= 0.3 is 5.97 Å². The highest BCUT2D eigenvalue weighted by molar-refractivity contribution is 5.90. The van der Waals surface area contributed by atoms with Crippen LogP contribution in [0.15, 0.2) is 89.9 Å². The Labute approximate surface area is 160 Å². The molecule has 0 amide bonds. The second-order valence-corrected chi connectivity index (χ2v) is 6.61.